The van der Waals surface area contributed by atoms with Crippen LogP contribution in [-0.2, 0) is 16.6 Å². The molecule has 0 saturated heterocycles. The van der Waals surface area contributed by atoms with Crippen LogP contribution < -0.4 is 5.32 Å². The highest BCUT2D eigenvalue weighted by Crippen LogP contribution is 2.17. The van der Waals surface area contributed by atoms with Crippen molar-refractivity contribution >= 4 is 23.2 Å². The Morgan fingerprint density at radius 2 is 2.20 bits per heavy atom. The van der Waals surface area contributed by atoms with Crippen LogP contribution in [0.4, 0.5) is 0 Å². The van der Waals surface area contributed by atoms with Crippen molar-refractivity contribution in [2.24, 2.45) is 7.05 Å². The molecule has 0 aliphatic carbocycles. The molecular formula is C14H16N2O3S. The van der Waals surface area contributed by atoms with E-state index in [1.165, 1.54) is 0 Å². The van der Waals surface area contributed by atoms with E-state index in [1.54, 1.807) is 41.3 Å². The van der Waals surface area contributed by atoms with Gasteiger partial charge in [-0.3, -0.25) is 4.79 Å². The fourth-order valence-corrected chi connectivity index (χ4v) is 2.50. The molecule has 1 atom stereocenters. The third-order valence-corrected chi connectivity index (χ3v) is 3.89. The Labute approximate surface area is 121 Å². The fraction of sp³-hybridized carbons (Fsp3) is 0.286. The van der Waals surface area contributed by atoms with Gasteiger partial charge in [-0.05, 0) is 30.5 Å². The summed E-state index contributed by atoms with van der Waals surface area (Å²) in [6, 6.07) is 7.18. The van der Waals surface area contributed by atoms with Gasteiger partial charge < -0.3 is 14.6 Å². The molecule has 0 aromatic carbocycles. The van der Waals surface area contributed by atoms with Gasteiger partial charge >= 0.3 is 5.97 Å². The molecule has 106 valence electrons. The van der Waals surface area contributed by atoms with Crippen LogP contribution in [-0.4, -0.2) is 23.1 Å². The maximum atomic E-state index is 11.7. The number of aromatic nitrogens is 1. The first kappa shape index (κ1) is 14.3. The normalized spacial score (nSPS) is 11.9. The molecule has 0 aliphatic heterocycles. The number of nitrogens with one attached hydrogen (secondary N) is 1. The number of nitrogens with zero attached hydrogens (tertiary/aromatic N) is 1. The number of rotatable bonds is 5. The number of thiophene rings is 1. The monoisotopic (exact) mass is 292 g/mol. The molecule has 0 unspecified atom stereocenters. The first-order chi connectivity index (χ1) is 9.58. The van der Waals surface area contributed by atoms with E-state index in [9.17, 15) is 9.59 Å². The van der Waals surface area contributed by atoms with E-state index in [-0.39, 0.29) is 18.6 Å². The molecule has 1 amide bonds. The molecule has 2 aromatic rings. The van der Waals surface area contributed by atoms with Gasteiger partial charge in [0.2, 0.25) is 0 Å². The van der Waals surface area contributed by atoms with E-state index in [4.69, 9.17) is 4.74 Å². The van der Waals surface area contributed by atoms with Gasteiger partial charge in [-0.2, -0.15) is 0 Å². The van der Waals surface area contributed by atoms with Gasteiger partial charge in [0, 0.05) is 18.1 Å². The number of carbonyl (C=O) groups is 2. The second-order valence-electron chi connectivity index (χ2n) is 4.39. The summed E-state index contributed by atoms with van der Waals surface area (Å²) >= 11 is 1.57. The summed E-state index contributed by atoms with van der Waals surface area (Å²) in [6.45, 7) is 1.61. The number of esters is 1. The van der Waals surface area contributed by atoms with E-state index < -0.39 is 5.97 Å². The first-order valence-corrected chi connectivity index (χ1v) is 7.07. The van der Waals surface area contributed by atoms with Gasteiger partial charge in [0.25, 0.3) is 5.91 Å². The fourth-order valence-electron chi connectivity index (χ4n) is 1.77. The second kappa shape index (κ2) is 6.38. The summed E-state index contributed by atoms with van der Waals surface area (Å²) in [4.78, 5) is 24.5. The van der Waals surface area contributed by atoms with E-state index in [2.05, 4.69) is 5.32 Å². The van der Waals surface area contributed by atoms with Crippen molar-refractivity contribution in [2.75, 3.05) is 6.61 Å². The zero-order chi connectivity index (χ0) is 14.5. The van der Waals surface area contributed by atoms with Crippen LogP contribution in [0, 0.1) is 0 Å². The summed E-state index contributed by atoms with van der Waals surface area (Å²) < 4.78 is 6.63. The Hall–Kier alpha value is -2.08. The number of aryl methyl sites for hydroxylation is 1. The predicted molar refractivity (Wildman–Crippen MR) is 76.6 cm³/mol. The van der Waals surface area contributed by atoms with Gasteiger partial charge in [-0.1, -0.05) is 6.07 Å². The molecule has 5 nitrogen and oxygen atoms in total. The van der Waals surface area contributed by atoms with Crippen molar-refractivity contribution in [2.45, 2.75) is 13.0 Å². The Morgan fingerprint density at radius 1 is 1.40 bits per heavy atom. The maximum absolute atomic E-state index is 11.7. The molecule has 0 spiro atoms. The maximum Gasteiger partial charge on any atom is 0.355 e. The third-order valence-electron chi connectivity index (χ3n) is 2.83. The molecule has 20 heavy (non-hydrogen) atoms. The number of ether oxygens (including phenoxy) is 1. The Kier molecular flexibility index (Phi) is 4.57. The average Bonchev–Trinajstić information content (AvgIpc) is 3.06. The van der Waals surface area contributed by atoms with Gasteiger partial charge in [0.05, 0.1) is 6.04 Å². The van der Waals surface area contributed by atoms with E-state index in [0.29, 0.717) is 5.69 Å². The smallest absolute Gasteiger partial charge is 0.355 e. The Bertz CT molecular complexity index is 589. The molecule has 2 heterocycles. The minimum Gasteiger partial charge on any atom is -0.451 e. The van der Waals surface area contributed by atoms with Crippen molar-refractivity contribution in [3.8, 4) is 0 Å². The van der Waals surface area contributed by atoms with E-state index in [1.807, 2.05) is 24.4 Å². The number of hydrogen-bond donors (Lipinski definition) is 1. The van der Waals surface area contributed by atoms with Gasteiger partial charge in [0.15, 0.2) is 6.61 Å². The average molecular weight is 292 g/mol. The topological polar surface area (TPSA) is 60.3 Å². The zero-order valence-electron chi connectivity index (χ0n) is 11.3. The van der Waals surface area contributed by atoms with Crippen LogP contribution in [0.1, 0.15) is 28.3 Å². The van der Waals surface area contributed by atoms with Crippen molar-refractivity contribution in [1.29, 1.82) is 0 Å². The summed E-state index contributed by atoms with van der Waals surface area (Å²) in [7, 11) is 1.75. The van der Waals surface area contributed by atoms with Gasteiger partial charge in [-0.15, -0.1) is 11.3 Å². The zero-order valence-corrected chi connectivity index (χ0v) is 12.1. The summed E-state index contributed by atoms with van der Waals surface area (Å²) in [5, 5.41) is 4.74. The number of hydrogen-bond acceptors (Lipinski definition) is 4. The lowest BCUT2D eigenvalue weighted by Gasteiger charge is -2.12. The largest absolute Gasteiger partial charge is 0.451 e. The minimum absolute atomic E-state index is 0.0868. The molecule has 0 saturated carbocycles. The van der Waals surface area contributed by atoms with Crippen LogP contribution in [0.2, 0.25) is 0 Å². The van der Waals surface area contributed by atoms with Crippen LogP contribution in [0.15, 0.2) is 35.8 Å². The summed E-state index contributed by atoms with van der Waals surface area (Å²) in [5.74, 6) is -0.815. The molecule has 0 fully saturated rings. The highest BCUT2D eigenvalue weighted by Gasteiger charge is 2.14. The quantitative estimate of drug-likeness (QED) is 0.859. The van der Waals surface area contributed by atoms with Crippen LogP contribution in [0.3, 0.4) is 0 Å². The molecule has 2 rings (SSSR count). The summed E-state index contributed by atoms with van der Waals surface area (Å²) in [6.07, 6.45) is 1.75. The van der Waals surface area contributed by atoms with Gasteiger partial charge in [-0.25, -0.2) is 4.79 Å². The standard InChI is InChI=1S/C14H16N2O3S/c1-10(12-6-4-8-20-12)15-13(17)9-19-14(18)11-5-3-7-16(11)2/h3-8,10H,9H2,1-2H3,(H,15,17)/t10-/m1/s1. The van der Waals surface area contributed by atoms with Crippen molar-refractivity contribution < 1.29 is 14.3 Å². The molecule has 1 N–H and O–H groups in total. The summed E-state index contributed by atoms with van der Waals surface area (Å²) in [5.41, 5.74) is 0.420. The Morgan fingerprint density at radius 3 is 2.80 bits per heavy atom. The molecule has 6 heteroatoms. The molecule has 2 aromatic heterocycles. The lowest BCUT2D eigenvalue weighted by molar-refractivity contribution is -0.124. The van der Waals surface area contributed by atoms with Crippen molar-refractivity contribution in [3.05, 3.63) is 46.4 Å². The third kappa shape index (κ3) is 3.48. The first-order valence-electron chi connectivity index (χ1n) is 6.19. The molecule has 0 aliphatic rings. The molecular weight excluding hydrogens is 276 g/mol. The predicted octanol–water partition coefficient (Wildman–Crippen LogP) is 2.12. The van der Waals surface area contributed by atoms with Crippen LogP contribution >= 0.6 is 11.3 Å². The van der Waals surface area contributed by atoms with Gasteiger partial charge in [0.1, 0.15) is 5.69 Å². The van der Waals surface area contributed by atoms with Crippen LogP contribution in [0.25, 0.3) is 0 Å². The lowest BCUT2D eigenvalue weighted by atomic mass is 10.3. The lowest BCUT2D eigenvalue weighted by Crippen LogP contribution is -2.31. The van der Waals surface area contributed by atoms with E-state index >= 15 is 0 Å². The Balaban J connectivity index is 1.81. The SMILES string of the molecule is C[C@@H](NC(=O)COC(=O)c1cccn1C)c1cccs1. The van der Waals surface area contributed by atoms with Crippen molar-refractivity contribution in [1.82, 2.24) is 9.88 Å². The van der Waals surface area contributed by atoms with Crippen LogP contribution in [0.5, 0.6) is 0 Å². The molecule has 0 bridgehead atoms. The van der Waals surface area contributed by atoms with E-state index in [0.717, 1.165) is 4.88 Å². The highest BCUT2D eigenvalue weighted by molar-refractivity contribution is 7.10. The number of carbonyl (C=O) groups excluding carboxylic acids is 2. The highest BCUT2D eigenvalue weighted by atomic mass is 32.1. The molecule has 0 radical (unpaired) electrons. The second-order valence-corrected chi connectivity index (χ2v) is 5.36. The number of amides is 1. The van der Waals surface area contributed by atoms with Crippen molar-refractivity contribution in [3.63, 3.8) is 0 Å². The minimum atomic E-state index is -0.503.